The van der Waals surface area contributed by atoms with Crippen molar-refractivity contribution in [3.63, 3.8) is 0 Å². The smallest absolute Gasteiger partial charge is 0.203 e. The van der Waals surface area contributed by atoms with Crippen LogP contribution in [0.4, 0.5) is 0 Å². The summed E-state index contributed by atoms with van der Waals surface area (Å²) in [5.41, 5.74) is 2.20. The zero-order valence-electron chi connectivity index (χ0n) is 8.83. The molecule has 0 aliphatic rings. The molecule has 0 fully saturated rings. The Hall–Kier alpha value is -2.07. The number of rotatable bonds is 2. The van der Waals surface area contributed by atoms with Gasteiger partial charge in [0.1, 0.15) is 0 Å². The van der Waals surface area contributed by atoms with Crippen molar-refractivity contribution in [1.29, 1.82) is 0 Å². The highest BCUT2D eigenvalue weighted by atomic mass is 32.1. The third-order valence-electron chi connectivity index (χ3n) is 2.48. The maximum absolute atomic E-state index is 12.1. The fraction of sp³-hybridized carbons (Fsp3) is 0. The number of aromatic nitrogens is 2. The molecule has 3 nitrogen and oxygen atoms in total. The first-order valence-corrected chi connectivity index (χ1v) is 6.01. The standard InChI is InChI=1S/C13H8N2OS/c16-13(12-2-1-7-17-12)9-3-4-10-11(8-9)15-6-5-14-10/h1-8H. The molecule has 2 heterocycles. The molecule has 0 aliphatic carbocycles. The largest absolute Gasteiger partial charge is 0.288 e. The third kappa shape index (κ3) is 1.83. The second-order valence-electron chi connectivity index (χ2n) is 3.57. The van der Waals surface area contributed by atoms with Crippen LogP contribution in [0, 0.1) is 0 Å². The first-order chi connectivity index (χ1) is 8.34. The van der Waals surface area contributed by atoms with Gasteiger partial charge in [-0.05, 0) is 29.6 Å². The number of thiophene rings is 1. The molecular formula is C13H8N2OS. The first kappa shape index (κ1) is 10.1. The van der Waals surface area contributed by atoms with E-state index in [1.165, 1.54) is 11.3 Å². The van der Waals surface area contributed by atoms with Gasteiger partial charge in [0.15, 0.2) is 0 Å². The third-order valence-corrected chi connectivity index (χ3v) is 3.35. The van der Waals surface area contributed by atoms with E-state index < -0.39 is 0 Å². The van der Waals surface area contributed by atoms with Crippen LogP contribution in [0.2, 0.25) is 0 Å². The van der Waals surface area contributed by atoms with E-state index in [9.17, 15) is 4.79 Å². The van der Waals surface area contributed by atoms with Crippen molar-refractivity contribution in [3.8, 4) is 0 Å². The number of nitrogens with zero attached hydrogens (tertiary/aromatic N) is 2. The number of hydrogen-bond donors (Lipinski definition) is 0. The molecule has 1 aromatic carbocycles. The van der Waals surface area contributed by atoms with Gasteiger partial charge in [-0.2, -0.15) is 0 Å². The van der Waals surface area contributed by atoms with Gasteiger partial charge in [0.05, 0.1) is 15.9 Å². The Kier molecular flexibility index (Phi) is 2.42. The molecule has 0 spiro atoms. The number of hydrogen-bond acceptors (Lipinski definition) is 4. The molecule has 0 saturated carbocycles. The summed E-state index contributed by atoms with van der Waals surface area (Å²) in [6.07, 6.45) is 3.27. The van der Waals surface area contributed by atoms with Crippen molar-refractivity contribution >= 4 is 28.2 Å². The molecule has 82 valence electrons. The monoisotopic (exact) mass is 240 g/mol. The van der Waals surface area contributed by atoms with Gasteiger partial charge in [-0.1, -0.05) is 6.07 Å². The van der Waals surface area contributed by atoms with Crippen molar-refractivity contribution in [2.24, 2.45) is 0 Å². The van der Waals surface area contributed by atoms with Gasteiger partial charge in [0.2, 0.25) is 5.78 Å². The highest BCUT2D eigenvalue weighted by molar-refractivity contribution is 7.12. The van der Waals surface area contributed by atoms with Crippen molar-refractivity contribution in [3.05, 3.63) is 58.5 Å². The van der Waals surface area contributed by atoms with Gasteiger partial charge in [0.25, 0.3) is 0 Å². The van der Waals surface area contributed by atoms with Crippen LogP contribution in [-0.4, -0.2) is 15.8 Å². The maximum Gasteiger partial charge on any atom is 0.203 e. The Morgan fingerprint density at radius 2 is 1.88 bits per heavy atom. The van der Waals surface area contributed by atoms with Crippen LogP contribution >= 0.6 is 11.3 Å². The van der Waals surface area contributed by atoms with E-state index in [4.69, 9.17) is 0 Å². The van der Waals surface area contributed by atoms with E-state index in [0.29, 0.717) is 5.56 Å². The summed E-state index contributed by atoms with van der Waals surface area (Å²) in [4.78, 5) is 21.2. The summed E-state index contributed by atoms with van der Waals surface area (Å²) in [7, 11) is 0. The van der Waals surface area contributed by atoms with E-state index in [1.54, 1.807) is 24.5 Å². The van der Waals surface area contributed by atoms with Crippen molar-refractivity contribution in [1.82, 2.24) is 9.97 Å². The topological polar surface area (TPSA) is 42.9 Å². The lowest BCUT2D eigenvalue weighted by Crippen LogP contribution is -1.98. The van der Waals surface area contributed by atoms with Crippen LogP contribution in [-0.2, 0) is 0 Å². The van der Waals surface area contributed by atoms with Gasteiger partial charge in [-0.3, -0.25) is 14.8 Å². The molecule has 3 aromatic rings. The fourth-order valence-electron chi connectivity index (χ4n) is 1.65. The zero-order chi connectivity index (χ0) is 11.7. The lowest BCUT2D eigenvalue weighted by Gasteiger charge is -2.00. The second kappa shape index (κ2) is 4.07. The summed E-state index contributed by atoms with van der Waals surface area (Å²) >= 11 is 1.45. The van der Waals surface area contributed by atoms with E-state index in [1.807, 2.05) is 23.6 Å². The molecule has 0 saturated heterocycles. The molecule has 0 N–H and O–H groups in total. The summed E-state index contributed by atoms with van der Waals surface area (Å²) in [5.74, 6) is 0.0348. The Balaban J connectivity index is 2.09. The Morgan fingerprint density at radius 3 is 2.65 bits per heavy atom. The minimum atomic E-state index is 0.0348. The SMILES string of the molecule is O=C(c1ccc2nccnc2c1)c1cccs1. The number of ketones is 1. The number of fused-ring (bicyclic) bond motifs is 1. The van der Waals surface area contributed by atoms with Crippen LogP contribution in [0.5, 0.6) is 0 Å². The van der Waals surface area contributed by atoms with Gasteiger partial charge in [0, 0.05) is 18.0 Å². The van der Waals surface area contributed by atoms with E-state index in [-0.39, 0.29) is 5.78 Å². The van der Waals surface area contributed by atoms with Crippen LogP contribution in [0.15, 0.2) is 48.1 Å². The average molecular weight is 240 g/mol. The van der Waals surface area contributed by atoms with Gasteiger partial charge < -0.3 is 0 Å². The van der Waals surface area contributed by atoms with Crippen molar-refractivity contribution < 1.29 is 4.79 Å². The normalized spacial score (nSPS) is 10.6. The summed E-state index contributed by atoms with van der Waals surface area (Å²) in [6, 6.07) is 9.10. The Labute approximate surface area is 102 Å². The second-order valence-corrected chi connectivity index (χ2v) is 4.51. The van der Waals surface area contributed by atoms with Crippen LogP contribution in [0.25, 0.3) is 11.0 Å². The fourth-order valence-corrected chi connectivity index (χ4v) is 2.34. The first-order valence-electron chi connectivity index (χ1n) is 5.13. The lowest BCUT2D eigenvalue weighted by atomic mass is 10.1. The summed E-state index contributed by atoms with van der Waals surface area (Å²) in [6.45, 7) is 0. The number of benzene rings is 1. The summed E-state index contributed by atoms with van der Waals surface area (Å²) < 4.78 is 0. The minimum Gasteiger partial charge on any atom is -0.288 e. The quantitative estimate of drug-likeness (QED) is 0.647. The Bertz CT molecular complexity index is 677. The zero-order valence-corrected chi connectivity index (χ0v) is 9.65. The number of carbonyl (C=O) groups is 1. The molecule has 0 bridgehead atoms. The molecule has 0 aliphatic heterocycles. The lowest BCUT2D eigenvalue weighted by molar-refractivity contribution is 0.104. The molecule has 3 rings (SSSR count). The minimum absolute atomic E-state index is 0.0348. The number of carbonyl (C=O) groups excluding carboxylic acids is 1. The van der Waals surface area contributed by atoms with E-state index in [0.717, 1.165) is 15.9 Å². The van der Waals surface area contributed by atoms with Crippen LogP contribution in [0.1, 0.15) is 15.2 Å². The van der Waals surface area contributed by atoms with E-state index in [2.05, 4.69) is 9.97 Å². The van der Waals surface area contributed by atoms with Gasteiger partial charge in [-0.15, -0.1) is 11.3 Å². The van der Waals surface area contributed by atoms with Crippen LogP contribution in [0.3, 0.4) is 0 Å². The van der Waals surface area contributed by atoms with Crippen molar-refractivity contribution in [2.75, 3.05) is 0 Å². The van der Waals surface area contributed by atoms with Crippen LogP contribution < -0.4 is 0 Å². The molecule has 0 unspecified atom stereocenters. The van der Waals surface area contributed by atoms with E-state index >= 15 is 0 Å². The highest BCUT2D eigenvalue weighted by Crippen LogP contribution is 2.17. The summed E-state index contributed by atoms with van der Waals surface area (Å²) in [5, 5.41) is 1.90. The Morgan fingerprint density at radius 1 is 1.06 bits per heavy atom. The predicted octanol–water partition coefficient (Wildman–Crippen LogP) is 2.92. The predicted molar refractivity (Wildman–Crippen MR) is 67.3 cm³/mol. The maximum atomic E-state index is 12.1. The molecule has 0 radical (unpaired) electrons. The molecule has 0 amide bonds. The molecular weight excluding hydrogens is 232 g/mol. The van der Waals surface area contributed by atoms with Gasteiger partial charge in [-0.25, -0.2) is 0 Å². The van der Waals surface area contributed by atoms with Crippen molar-refractivity contribution in [2.45, 2.75) is 0 Å². The molecule has 17 heavy (non-hydrogen) atoms. The molecule has 0 atom stereocenters. The van der Waals surface area contributed by atoms with Gasteiger partial charge >= 0.3 is 0 Å². The highest BCUT2D eigenvalue weighted by Gasteiger charge is 2.10. The molecule has 2 aromatic heterocycles. The average Bonchev–Trinajstić information content (AvgIpc) is 2.91. The molecule has 4 heteroatoms.